The molecule has 1 fully saturated rings. The number of rotatable bonds is 4. The van der Waals surface area contributed by atoms with Gasteiger partial charge in [0.1, 0.15) is 5.76 Å². The lowest BCUT2D eigenvalue weighted by Gasteiger charge is -2.28. The van der Waals surface area contributed by atoms with Gasteiger partial charge < -0.3 is 14.7 Å². The van der Waals surface area contributed by atoms with Crippen LogP contribution in [0.3, 0.4) is 0 Å². The highest BCUT2D eigenvalue weighted by molar-refractivity contribution is 5.02. The minimum Gasteiger partial charge on any atom is -0.361 e. The molecule has 0 amide bonds. The number of aromatic nitrogens is 1. The fourth-order valence-electron chi connectivity index (χ4n) is 2.17. The van der Waals surface area contributed by atoms with Gasteiger partial charge in [0.05, 0.1) is 5.69 Å². The van der Waals surface area contributed by atoms with Crippen LogP contribution < -0.4 is 5.32 Å². The van der Waals surface area contributed by atoms with Crippen molar-refractivity contribution < 1.29 is 4.52 Å². The topological polar surface area (TPSA) is 41.3 Å². The summed E-state index contributed by atoms with van der Waals surface area (Å²) in [5.74, 6) is 1.71. The van der Waals surface area contributed by atoms with E-state index in [2.05, 4.69) is 22.4 Å². The summed E-state index contributed by atoms with van der Waals surface area (Å²) in [6.45, 7) is 6.31. The Balaban J connectivity index is 1.64. The second kappa shape index (κ2) is 5.46. The van der Waals surface area contributed by atoms with Crippen molar-refractivity contribution >= 4 is 0 Å². The van der Waals surface area contributed by atoms with E-state index >= 15 is 0 Å². The van der Waals surface area contributed by atoms with Gasteiger partial charge in [-0.15, -0.1) is 0 Å². The number of hydrogen-bond donors (Lipinski definition) is 1. The molecule has 1 aliphatic heterocycles. The van der Waals surface area contributed by atoms with Gasteiger partial charge in [0.15, 0.2) is 0 Å². The van der Waals surface area contributed by atoms with Crippen LogP contribution in [-0.2, 0) is 6.54 Å². The summed E-state index contributed by atoms with van der Waals surface area (Å²) in [7, 11) is 2.20. The average molecular weight is 223 g/mol. The summed E-state index contributed by atoms with van der Waals surface area (Å²) < 4.78 is 5.02. The summed E-state index contributed by atoms with van der Waals surface area (Å²) in [6.07, 6.45) is 2.61. The Bertz CT molecular complexity index is 316. The number of nitrogens with one attached hydrogen (secondary N) is 1. The molecule has 0 atom stereocenters. The molecule has 1 aromatic rings. The maximum absolute atomic E-state index is 5.02. The quantitative estimate of drug-likeness (QED) is 0.838. The number of likely N-dealkylation sites (tertiary alicyclic amines) is 1. The highest BCUT2D eigenvalue weighted by atomic mass is 16.5. The summed E-state index contributed by atoms with van der Waals surface area (Å²) in [6, 6.07) is 1.99. The Kier molecular flexibility index (Phi) is 3.96. The van der Waals surface area contributed by atoms with Gasteiger partial charge in [0.25, 0.3) is 0 Å². The first kappa shape index (κ1) is 11.6. The second-order valence-corrected chi connectivity index (χ2v) is 4.81. The molecule has 0 spiro atoms. The van der Waals surface area contributed by atoms with Gasteiger partial charge in [0, 0.05) is 12.6 Å². The van der Waals surface area contributed by atoms with E-state index in [9.17, 15) is 0 Å². The predicted octanol–water partition coefficient (Wildman–Crippen LogP) is 1.41. The number of nitrogens with zero attached hydrogens (tertiary/aromatic N) is 2. The first-order valence-electron chi connectivity index (χ1n) is 6.05. The predicted molar refractivity (Wildman–Crippen MR) is 63.2 cm³/mol. The summed E-state index contributed by atoms with van der Waals surface area (Å²) in [5.41, 5.74) is 1.01. The molecule has 0 aromatic carbocycles. The van der Waals surface area contributed by atoms with Crippen molar-refractivity contribution in [2.75, 3.05) is 26.7 Å². The van der Waals surface area contributed by atoms with Crippen molar-refractivity contribution in [2.45, 2.75) is 26.3 Å². The molecule has 0 bridgehead atoms. The molecule has 4 heteroatoms. The first-order valence-corrected chi connectivity index (χ1v) is 6.05. The largest absolute Gasteiger partial charge is 0.361 e. The van der Waals surface area contributed by atoms with Gasteiger partial charge in [-0.2, -0.15) is 0 Å². The van der Waals surface area contributed by atoms with Crippen molar-refractivity contribution in [1.29, 1.82) is 0 Å². The molecule has 1 aromatic heterocycles. The standard InChI is InChI=1S/C12H21N3O/c1-10-7-12(14-16-10)9-13-8-11-3-5-15(2)6-4-11/h7,11,13H,3-6,8-9H2,1-2H3. The van der Waals surface area contributed by atoms with Gasteiger partial charge in [-0.1, -0.05) is 5.16 Å². The molecule has 2 rings (SSSR count). The Morgan fingerprint density at radius 1 is 1.50 bits per heavy atom. The van der Waals surface area contributed by atoms with Gasteiger partial charge in [0.2, 0.25) is 0 Å². The van der Waals surface area contributed by atoms with Crippen molar-refractivity contribution in [3.8, 4) is 0 Å². The lowest BCUT2D eigenvalue weighted by atomic mass is 9.97. The van der Waals surface area contributed by atoms with Crippen LogP contribution in [0.2, 0.25) is 0 Å². The number of aryl methyl sites for hydroxylation is 1. The maximum atomic E-state index is 5.02. The summed E-state index contributed by atoms with van der Waals surface area (Å²) >= 11 is 0. The zero-order valence-electron chi connectivity index (χ0n) is 10.2. The van der Waals surface area contributed by atoms with E-state index in [4.69, 9.17) is 4.52 Å². The number of hydrogen-bond acceptors (Lipinski definition) is 4. The molecular weight excluding hydrogens is 202 g/mol. The molecule has 1 saturated heterocycles. The first-order chi connectivity index (χ1) is 7.74. The lowest BCUT2D eigenvalue weighted by molar-refractivity contribution is 0.215. The number of piperidine rings is 1. The lowest BCUT2D eigenvalue weighted by Crippen LogP contribution is -2.34. The van der Waals surface area contributed by atoms with Crippen LogP contribution in [0.5, 0.6) is 0 Å². The summed E-state index contributed by atoms with van der Waals surface area (Å²) in [4.78, 5) is 2.40. The van der Waals surface area contributed by atoms with Crippen molar-refractivity contribution in [1.82, 2.24) is 15.4 Å². The fraction of sp³-hybridized carbons (Fsp3) is 0.750. The molecule has 1 aliphatic rings. The Hall–Kier alpha value is -0.870. The Morgan fingerprint density at radius 2 is 2.25 bits per heavy atom. The molecule has 0 unspecified atom stereocenters. The molecular formula is C12H21N3O. The van der Waals surface area contributed by atoms with Crippen molar-refractivity contribution in [2.24, 2.45) is 5.92 Å². The fourth-order valence-corrected chi connectivity index (χ4v) is 2.17. The zero-order valence-corrected chi connectivity index (χ0v) is 10.2. The molecule has 4 nitrogen and oxygen atoms in total. The van der Waals surface area contributed by atoms with E-state index in [1.165, 1.54) is 25.9 Å². The van der Waals surface area contributed by atoms with E-state index in [1.807, 2.05) is 13.0 Å². The van der Waals surface area contributed by atoms with E-state index in [1.54, 1.807) is 0 Å². The SMILES string of the molecule is Cc1cc(CNCC2CCN(C)CC2)no1. The van der Waals surface area contributed by atoms with Gasteiger partial charge in [-0.25, -0.2) is 0 Å². The van der Waals surface area contributed by atoms with E-state index in [0.29, 0.717) is 0 Å². The molecule has 0 saturated carbocycles. The second-order valence-electron chi connectivity index (χ2n) is 4.81. The summed E-state index contributed by atoms with van der Waals surface area (Å²) in [5, 5.41) is 7.42. The third-order valence-corrected chi connectivity index (χ3v) is 3.25. The molecule has 1 N–H and O–H groups in total. The minimum absolute atomic E-state index is 0.823. The smallest absolute Gasteiger partial charge is 0.133 e. The van der Waals surface area contributed by atoms with Gasteiger partial charge in [-0.3, -0.25) is 0 Å². The van der Waals surface area contributed by atoms with Crippen LogP contribution in [0.25, 0.3) is 0 Å². The Labute approximate surface area is 97.0 Å². The van der Waals surface area contributed by atoms with Gasteiger partial charge >= 0.3 is 0 Å². The van der Waals surface area contributed by atoms with Crippen LogP contribution >= 0.6 is 0 Å². The molecule has 2 heterocycles. The zero-order chi connectivity index (χ0) is 11.4. The molecule has 16 heavy (non-hydrogen) atoms. The van der Waals surface area contributed by atoms with E-state index < -0.39 is 0 Å². The average Bonchev–Trinajstić information content (AvgIpc) is 2.67. The highest BCUT2D eigenvalue weighted by Gasteiger charge is 2.15. The van der Waals surface area contributed by atoms with E-state index in [-0.39, 0.29) is 0 Å². The minimum atomic E-state index is 0.823. The van der Waals surface area contributed by atoms with Gasteiger partial charge in [-0.05, 0) is 52.4 Å². The van der Waals surface area contributed by atoms with Crippen LogP contribution in [0.4, 0.5) is 0 Å². The van der Waals surface area contributed by atoms with Crippen LogP contribution in [-0.4, -0.2) is 36.7 Å². The molecule has 0 aliphatic carbocycles. The monoisotopic (exact) mass is 223 g/mol. The van der Waals surface area contributed by atoms with Crippen molar-refractivity contribution in [3.05, 3.63) is 17.5 Å². The Morgan fingerprint density at radius 3 is 2.88 bits per heavy atom. The third-order valence-electron chi connectivity index (χ3n) is 3.25. The normalized spacial score (nSPS) is 19.1. The third kappa shape index (κ3) is 3.32. The highest BCUT2D eigenvalue weighted by Crippen LogP contribution is 2.14. The maximum Gasteiger partial charge on any atom is 0.133 e. The molecule has 0 radical (unpaired) electrons. The van der Waals surface area contributed by atoms with Crippen LogP contribution in [0.15, 0.2) is 10.6 Å². The van der Waals surface area contributed by atoms with Crippen LogP contribution in [0, 0.1) is 12.8 Å². The molecule has 90 valence electrons. The van der Waals surface area contributed by atoms with Crippen LogP contribution in [0.1, 0.15) is 24.3 Å². The van der Waals surface area contributed by atoms with E-state index in [0.717, 1.165) is 30.5 Å². The van der Waals surface area contributed by atoms with Crippen molar-refractivity contribution in [3.63, 3.8) is 0 Å².